The Hall–Kier alpha value is -3.68. The summed E-state index contributed by atoms with van der Waals surface area (Å²) in [5.41, 5.74) is 0.818. The van der Waals surface area contributed by atoms with Crippen LogP contribution in [0.15, 0.2) is 59.2 Å². The Kier molecular flexibility index (Phi) is 4.29. The summed E-state index contributed by atoms with van der Waals surface area (Å²) in [5, 5.41) is 10.9. The zero-order valence-electron chi connectivity index (χ0n) is 14.3. The van der Waals surface area contributed by atoms with Gasteiger partial charge in [-0.15, -0.1) is 10.2 Å². The average Bonchev–Trinajstić information content (AvgIpc) is 3.36. The van der Waals surface area contributed by atoms with Gasteiger partial charge in [0.05, 0.1) is 31.0 Å². The Bertz CT molecular complexity index is 1110. The minimum absolute atomic E-state index is 0.234. The molecule has 0 spiro atoms. The monoisotopic (exact) mass is 366 g/mol. The average molecular weight is 366 g/mol. The van der Waals surface area contributed by atoms with Gasteiger partial charge in [-0.1, -0.05) is 12.1 Å². The van der Waals surface area contributed by atoms with Crippen molar-refractivity contribution in [1.29, 1.82) is 0 Å². The summed E-state index contributed by atoms with van der Waals surface area (Å²) < 4.78 is 26.3. The quantitative estimate of drug-likeness (QED) is 0.587. The highest BCUT2D eigenvalue weighted by Crippen LogP contribution is 2.27. The van der Waals surface area contributed by atoms with E-state index in [1.165, 1.54) is 23.8 Å². The highest BCUT2D eigenvalue weighted by Gasteiger charge is 2.20. The summed E-state index contributed by atoms with van der Waals surface area (Å²) in [7, 11) is 1.48. The number of hydrogen-bond acceptors (Lipinski definition) is 5. The molecule has 0 atom stereocenters. The Morgan fingerprint density at radius 1 is 1.19 bits per heavy atom. The standard InChI is InChI=1S/C19H15FN4O3/c1-26-16-9-8-14(19(25)21-11-12-5-4-10-27-12)18-23-22-17(24(16)18)13-6-2-3-7-15(13)20/h2-10H,11H2,1H3,(H,21,25). The van der Waals surface area contributed by atoms with Crippen LogP contribution >= 0.6 is 0 Å². The van der Waals surface area contributed by atoms with E-state index in [1.807, 2.05) is 0 Å². The van der Waals surface area contributed by atoms with Gasteiger partial charge in [0.15, 0.2) is 11.5 Å². The molecule has 0 radical (unpaired) electrons. The molecular weight excluding hydrogens is 351 g/mol. The first kappa shape index (κ1) is 16.8. The van der Waals surface area contributed by atoms with E-state index in [2.05, 4.69) is 15.5 Å². The molecule has 0 saturated heterocycles. The third-order valence-electron chi connectivity index (χ3n) is 4.09. The summed E-state index contributed by atoms with van der Waals surface area (Å²) in [6, 6.07) is 12.9. The molecule has 0 aliphatic carbocycles. The number of ether oxygens (including phenoxy) is 1. The van der Waals surface area contributed by atoms with Crippen molar-refractivity contribution in [3.05, 3.63) is 71.9 Å². The number of carbonyl (C=O) groups is 1. The number of nitrogens with one attached hydrogen (secondary N) is 1. The van der Waals surface area contributed by atoms with Gasteiger partial charge in [0.1, 0.15) is 11.6 Å². The molecule has 4 aromatic rings. The lowest BCUT2D eigenvalue weighted by Crippen LogP contribution is -2.23. The van der Waals surface area contributed by atoms with Crippen LogP contribution in [0.4, 0.5) is 4.39 Å². The molecule has 0 fully saturated rings. The van der Waals surface area contributed by atoms with Gasteiger partial charge in [0.25, 0.3) is 5.91 Å². The van der Waals surface area contributed by atoms with E-state index in [0.717, 1.165) is 0 Å². The lowest BCUT2D eigenvalue weighted by Gasteiger charge is -2.10. The highest BCUT2D eigenvalue weighted by molar-refractivity contribution is 6.00. The third kappa shape index (κ3) is 3.01. The molecule has 8 heteroatoms. The molecular formula is C19H15FN4O3. The van der Waals surface area contributed by atoms with Crippen molar-refractivity contribution in [1.82, 2.24) is 19.9 Å². The first-order valence-electron chi connectivity index (χ1n) is 8.16. The van der Waals surface area contributed by atoms with Gasteiger partial charge in [-0.05, 0) is 36.4 Å². The zero-order chi connectivity index (χ0) is 18.8. The van der Waals surface area contributed by atoms with E-state index in [9.17, 15) is 9.18 Å². The van der Waals surface area contributed by atoms with E-state index < -0.39 is 5.82 Å². The SMILES string of the molecule is COc1ccc(C(=O)NCc2ccco2)c2nnc(-c3ccccc3F)n12. The molecule has 0 saturated carbocycles. The van der Waals surface area contributed by atoms with Crippen molar-refractivity contribution >= 4 is 11.6 Å². The van der Waals surface area contributed by atoms with Gasteiger partial charge in [0.2, 0.25) is 5.88 Å². The van der Waals surface area contributed by atoms with Crippen LogP contribution in [0, 0.1) is 5.82 Å². The number of rotatable bonds is 5. The van der Waals surface area contributed by atoms with Gasteiger partial charge in [-0.25, -0.2) is 8.79 Å². The Morgan fingerprint density at radius 3 is 2.78 bits per heavy atom. The maximum absolute atomic E-state index is 14.2. The second-order valence-electron chi connectivity index (χ2n) is 5.71. The maximum atomic E-state index is 14.2. The van der Waals surface area contributed by atoms with Gasteiger partial charge in [-0.3, -0.25) is 4.79 Å². The molecule has 27 heavy (non-hydrogen) atoms. The number of methoxy groups -OCH3 is 1. The summed E-state index contributed by atoms with van der Waals surface area (Å²) in [6.45, 7) is 0.234. The predicted molar refractivity (Wildman–Crippen MR) is 94.8 cm³/mol. The number of fused-ring (bicyclic) bond motifs is 1. The van der Waals surface area contributed by atoms with Crippen LogP contribution in [0.5, 0.6) is 5.88 Å². The van der Waals surface area contributed by atoms with Gasteiger partial charge in [0, 0.05) is 0 Å². The fourth-order valence-corrected chi connectivity index (χ4v) is 2.80. The van der Waals surface area contributed by atoms with Gasteiger partial charge >= 0.3 is 0 Å². The number of aromatic nitrogens is 3. The van der Waals surface area contributed by atoms with Crippen LogP contribution in [0.3, 0.4) is 0 Å². The normalized spacial score (nSPS) is 10.9. The van der Waals surface area contributed by atoms with E-state index in [1.54, 1.807) is 42.5 Å². The van der Waals surface area contributed by atoms with Crippen LogP contribution in [-0.4, -0.2) is 27.6 Å². The van der Waals surface area contributed by atoms with Crippen LogP contribution in [0.2, 0.25) is 0 Å². The number of pyridine rings is 1. The van der Waals surface area contributed by atoms with Crippen molar-refractivity contribution < 1.29 is 18.3 Å². The van der Waals surface area contributed by atoms with Crippen LogP contribution < -0.4 is 10.1 Å². The lowest BCUT2D eigenvalue weighted by atomic mass is 10.2. The Balaban J connectivity index is 1.77. The second-order valence-corrected chi connectivity index (χ2v) is 5.71. The molecule has 4 rings (SSSR count). The molecule has 0 bridgehead atoms. The molecule has 136 valence electrons. The van der Waals surface area contributed by atoms with Crippen molar-refractivity contribution in [2.75, 3.05) is 7.11 Å². The maximum Gasteiger partial charge on any atom is 0.255 e. The molecule has 1 aromatic carbocycles. The van der Waals surface area contributed by atoms with Gasteiger partial charge in [-0.2, -0.15) is 0 Å². The number of halogens is 1. The minimum Gasteiger partial charge on any atom is -0.482 e. The minimum atomic E-state index is -0.443. The number of carbonyl (C=O) groups excluding carboxylic acids is 1. The van der Waals surface area contributed by atoms with E-state index in [-0.39, 0.29) is 35.1 Å². The van der Waals surface area contributed by atoms with Crippen LogP contribution in [0.1, 0.15) is 16.1 Å². The number of hydrogen-bond donors (Lipinski definition) is 1. The number of nitrogens with zero attached hydrogens (tertiary/aromatic N) is 3. The summed E-state index contributed by atoms with van der Waals surface area (Å²) in [5.74, 6) is 0.464. The molecule has 3 aromatic heterocycles. The van der Waals surface area contributed by atoms with Crippen LogP contribution in [0.25, 0.3) is 17.0 Å². The highest BCUT2D eigenvalue weighted by atomic mass is 19.1. The van der Waals surface area contributed by atoms with Crippen LogP contribution in [-0.2, 0) is 6.54 Å². The van der Waals surface area contributed by atoms with Gasteiger partial charge < -0.3 is 14.5 Å². The van der Waals surface area contributed by atoms with Crippen molar-refractivity contribution in [2.45, 2.75) is 6.54 Å². The first-order valence-corrected chi connectivity index (χ1v) is 8.16. The number of benzene rings is 1. The van der Waals surface area contributed by atoms with E-state index in [4.69, 9.17) is 9.15 Å². The molecule has 0 aliphatic heterocycles. The molecule has 0 unspecified atom stereocenters. The Morgan fingerprint density at radius 2 is 2.04 bits per heavy atom. The van der Waals surface area contributed by atoms with Crippen molar-refractivity contribution in [3.8, 4) is 17.3 Å². The summed E-state index contributed by atoms with van der Waals surface area (Å²) in [4.78, 5) is 12.6. The number of amides is 1. The van der Waals surface area contributed by atoms with Crippen molar-refractivity contribution in [3.63, 3.8) is 0 Å². The lowest BCUT2D eigenvalue weighted by molar-refractivity contribution is 0.0949. The third-order valence-corrected chi connectivity index (χ3v) is 4.09. The first-order chi connectivity index (χ1) is 13.2. The smallest absolute Gasteiger partial charge is 0.255 e. The molecule has 0 aliphatic rings. The van der Waals surface area contributed by atoms with Crippen molar-refractivity contribution in [2.24, 2.45) is 0 Å². The molecule has 3 heterocycles. The fraction of sp³-hybridized carbons (Fsp3) is 0.105. The van der Waals surface area contributed by atoms with E-state index in [0.29, 0.717) is 11.6 Å². The Labute approximate surface area is 153 Å². The molecule has 1 N–H and O–H groups in total. The second kappa shape index (κ2) is 6.91. The number of furan rings is 1. The summed E-state index contributed by atoms with van der Waals surface area (Å²) >= 11 is 0. The fourth-order valence-electron chi connectivity index (χ4n) is 2.80. The predicted octanol–water partition coefficient (Wildman–Crippen LogP) is 3.07. The van der Waals surface area contributed by atoms with E-state index >= 15 is 0 Å². The summed E-state index contributed by atoms with van der Waals surface area (Å²) in [6.07, 6.45) is 1.53. The zero-order valence-corrected chi connectivity index (χ0v) is 14.3. The molecule has 7 nitrogen and oxygen atoms in total. The largest absolute Gasteiger partial charge is 0.482 e. The topological polar surface area (TPSA) is 81.7 Å². The molecule has 1 amide bonds.